The van der Waals surface area contributed by atoms with Crippen molar-refractivity contribution in [2.24, 2.45) is 0 Å². The normalized spacial score (nSPS) is 10.5. The predicted molar refractivity (Wildman–Crippen MR) is 56.5 cm³/mol. The van der Waals surface area contributed by atoms with Crippen molar-refractivity contribution in [3.05, 3.63) is 46.4 Å². The first-order valence-corrected chi connectivity index (χ1v) is 4.70. The van der Waals surface area contributed by atoms with Gasteiger partial charge in [0.2, 0.25) is 5.82 Å². The van der Waals surface area contributed by atoms with Crippen molar-refractivity contribution in [3.63, 3.8) is 0 Å². The van der Waals surface area contributed by atoms with E-state index in [2.05, 4.69) is 4.98 Å². The fraction of sp³-hybridized carbons (Fsp3) is 0.100. The van der Waals surface area contributed by atoms with E-state index < -0.39 is 17.5 Å². The minimum absolute atomic E-state index is 0.221. The SMILES string of the molecule is O=[N+]([O-])c1cnc(-c2ccc(F)cc2)n1CO. The third-order valence-corrected chi connectivity index (χ3v) is 2.27. The van der Waals surface area contributed by atoms with Crippen molar-refractivity contribution in [2.45, 2.75) is 6.73 Å². The first-order chi connectivity index (χ1) is 8.13. The van der Waals surface area contributed by atoms with Gasteiger partial charge in [0.15, 0.2) is 6.73 Å². The van der Waals surface area contributed by atoms with E-state index in [1.165, 1.54) is 24.3 Å². The zero-order chi connectivity index (χ0) is 12.4. The van der Waals surface area contributed by atoms with Crippen LogP contribution in [0.4, 0.5) is 10.2 Å². The molecule has 6 nitrogen and oxygen atoms in total. The summed E-state index contributed by atoms with van der Waals surface area (Å²) in [6.45, 7) is -0.566. The smallest absolute Gasteiger partial charge is 0.345 e. The van der Waals surface area contributed by atoms with Crippen LogP contribution < -0.4 is 0 Å². The summed E-state index contributed by atoms with van der Waals surface area (Å²) in [5.41, 5.74) is 0.494. The molecule has 7 heteroatoms. The van der Waals surface area contributed by atoms with E-state index in [0.29, 0.717) is 5.56 Å². The summed E-state index contributed by atoms with van der Waals surface area (Å²) < 4.78 is 13.8. The van der Waals surface area contributed by atoms with Crippen LogP contribution in [0.2, 0.25) is 0 Å². The average Bonchev–Trinajstić information content (AvgIpc) is 2.73. The Morgan fingerprint density at radius 3 is 2.59 bits per heavy atom. The van der Waals surface area contributed by atoms with Gasteiger partial charge in [-0.25, -0.2) is 9.37 Å². The molecule has 0 unspecified atom stereocenters. The maximum atomic E-state index is 12.7. The van der Waals surface area contributed by atoms with Crippen LogP contribution in [0, 0.1) is 15.9 Å². The van der Waals surface area contributed by atoms with Crippen LogP contribution in [0.15, 0.2) is 30.5 Å². The second kappa shape index (κ2) is 4.30. The Morgan fingerprint density at radius 2 is 2.06 bits per heavy atom. The van der Waals surface area contributed by atoms with Gasteiger partial charge < -0.3 is 15.2 Å². The molecule has 0 fully saturated rings. The topological polar surface area (TPSA) is 81.2 Å². The molecule has 17 heavy (non-hydrogen) atoms. The Hall–Kier alpha value is -2.28. The summed E-state index contributed by atoms with van der Waals surface area (Å²) in [4.78, 5) is 13.9. The Balaban J connectivity index is 2.52. The summed E-state index contributed by atoms with van der Waals surface area (Å²) in [5, 5.41) is 19.8. The number of halogens is 1. The molecule has 88 valence electrons. The monoisotopic (exact) mass is 237 g/mol. The molecule has 0 bridgehead atoms. The summed E-state index contributed by atoms with van der Waals surface area (Å²) in [6.07, 6.45) is 1.05. The molecule has 2 aromatic rings. The number of aliphatic hydroxyl groups excluding tert-OH is 1. The highest BCUT2D eigenvalue weighted by Gasteiger charge is 2.20. The van der Waals surface area contributed by atoms with Crippen LogP contribution in [-0.2, 0) is 6.73 Å². The maximum absolute atomic E-state index is 12.7. The van der Waals surface area contributed by atoms with Crippen molar-refractivity contribution in [1.29, 1.82) is 0 Å². The first-order valence-electron chi connectivity index (χ1n) is 4.70. The zero-order valence-corrected chi connectivity index (χ0v) is 8.58. The lowest BCUT2D eigenvalue weighted by Crippen LogP contribution is -2.04. The minimum atomic E-state index is -0.643. The van der Waals surface area contributed by atoms with Gasteiger partial charge in [-0.15, -0.1) is 0 Å². The maximum Gasteiger partial charge on any atom is 0.345 e. The zero-order valence-electron chi connectivity index (χ0n) is 8.58. The number of rotatable bonds is 3. The number of nitro groups is 1. The van der Waals surface area contributed by atoms with Crippen molar-refractivity contribution in [2.75, 3.05) is 0 Å². The summed E-state index contributed by atoms with van der Waals surface area (Å²) in [6, 6.07) is 5.32. The molecule has 1 aromatic heterocycles. The summed E-state index contributed by atoms with van der Waals surface area (Å²) in [5.74, 6) is -0.503. The highest BCUT2D eigenvalue weighted by atomic mass is 19.1. The van der Waals surface area contributed by atoms with Gasteiger partial charge in [0, 0.05) is 5.56 Å². The molecule has 1 heterocycles. The molecule has 0 saturated heterocycles. The molecule has 0 amide bonds. The Kier molecular flexibility index (Phi) is 2.84. The van der Waals surface area contributed by atoms with E-state index in [1.807, 2.05) is 0 Å². The molecular weight excluding hydrogens is 229 g/mol. The fourth-order valence-corrected chi connectivity index (χ4v) is 1.48. The number of hydrogen-bond acceptors (Lipinski definition) is 4. The minimum Gasteiger partial charge on any atom is -0.358 e. The Bertz CT molecular complexity index is 550. The Labute approximate surface area is 95.1 Å². The van der Waals surface area contributed by atoms with E-state index in [0.717, 1.165) is 10.8 Å². The predicted octanol–water partition coefficient (Wildman–Crippen LogP) is 1.55. The van der Waals surface area contributed by atoms with Gasteiger partial charge in [0.05, 0.1) is 0 Å². The summed E-state index contributed by atoms with van der Waals surface area (Å²) >= 11 is 0. The Morgan fingerprint density at radius 1 is 1.41 bits per heavy atom. The lowest BCUT2D eigenvalue weighted by Gasteiger charge is -2.01. The molecule has 1 aromatic carbocycles. The molecule has 0 aliphatic rings. The second-order valence-electron chi connectivity index (χ2n) is 3.27. The number of aromatic nitrogens is 2. The molecule has 2 rings (SSSR count). The van der Waals surface area contributed by atoms with Crippen molar-refractivity contribution >= 4 is 5.82 Å². The standard InChI is InChI=1S/C10H8FN3O3/c11-8-3-1-7(2-4-8)10-12-5-9(14(16)17)13(10)6-15/h1-5,15H,6H2. The lowest BCUT2D eigenvalue weighted by molar-refractivity contribution is -0.392. The number of imidazole rings is 1. The molecule has 0 atom stereocenters. The van der Waals surface area contributed by atoms with Crippen LogP contribution >= 0.6 is 0 Å². The van der Waals surface area contributed by atoms with Crippen molar-refractivity contribution in [3.8, 4) is 11.4 Å². The lowest BCUT2D eigenvalue weighted by atomic mass is 10.2. The summed E-state index contributed by atoms with van der Waals surface area (Å²) in [7, 11) is 0. The number of hydrogen-bond donors (Lipinski definition) is 1. The molecule has 0 saturated carbocycles. The van der Waals surface area contributed by atoms with Crippen LogP contribution in [0.5, 0.6) is 0 Å². The van der Waals surface area contributed by atoms with Crippen molar-refractivity contribution < 1.29 is 14.4 Å². The second-order valence-corrected chi connectivity index (χ2v) is 3.27. The number of benzene rings is 1. The van der Waals surface area contributed by atoms with E-state index in [1.54, 1.807) is 0 Å². The third kappa shape index (κ3) is 2.00. The fourth-order valence-electron chi connectivity index (χ4n) is 1.48. The van der Waals surface area contributed by atoms with Gasteiger partial charge in [-0.3, -0.25) is 0 Å². The number of aliphatic hydroxyl groups is 1. The third-order valence-electron chi connectivity index (χ3n) is 2.27. The van der Waals surface area contributed by atoms with E-state index in [9.17, 15) is 14.5 Å². The van der Waals surface area contributed by atoms with Gasteiger partial charge in [0.25, 0.3) is 0 Å². The molecule has 0 aliphatic heterocycles. The van der Waals surface area contributed by atoms with E-state index in [-0.39, 0.29) is 11.6 Å². The van der Waals surface area contributed by atoms with Crippen LogP contribution in [0.1, 0.15) is 0 Å². The highest BCUT2D eigenvalue weighted by Crippen LogP contribution is 2.23. The molecule has 0 spiro atoms. The van der Waals surface area contributed by atoms with Crippen LogP contribution in [0.3, 0.4) is 0 Å². The van der Waals surface area contributed by atoms with Crippen LogP contribution in [0.25, 0.3) is 11.4 Å². The molecule has 1 N–H and O–H groups in total. The first kappa shape index (κ1) is 11.2. The van der Waals surface area contributed by atoms with Gasteiger partial charge in [-0.2, -0.15) is 4.57 Å². The van der Waals surface area contributed by atoms with Gasteiger partial charge in [-0.05, 0) is 29.2 Å². The highest BCUT2D eigenvalue weighted by molar-refractivity contribution is 5.57. The van der Waals surface area contributed by atoms with Gasteiger partial charge in [0.1, 0.15) is 12.0 Å². The van der Waals surface area contributed by atoms with E-state index >= 15 is 0 Å². The average molecular weight is 237 g/mol. The van der Waals surface area contributed by atoms with Crippen LogP contribution in [-0.4, -0.2) is 19.6 Å². The molecular formula is C10H8FN3O3. The van der Waals surface area contributed by atoms with Crippen molar-refractivity contribution in [1.82, 2.24) is 9.55 Å². The quantitative estimate of drug-likeness (QED) is 0.648. The molecule has 0 radical (unpaired) electrons. The van der Waals surface area contributed by atoms with Gasteiger partial charge >= 0.3 is 5.82 Å². The number of nitrogens with zero attached hydrogens (tertiary/aromatic N) is 3. The largest absolute Gasteiger partial charge is 0.358 e. The van der Waals surface area contributed by atoms with Gasteiger partial charge in [-0.1, -0.05) is 0 Å². The van der Waals surface area contributed by atoms with E-state index in [4.69, 9.17) is 5.11 Å². The molecule has 0 aliphatic carbocycles.